The Balaban J connectivity index is 1.64. The van der Waals surface area contributed by atoms with Gasteiger partial charge in [-0.1, -0.05) is 0 Å². The van der Waals surface area contributed by atoms with Crippen molar-refractivity contribution in [1.82, 2.24) is 0 Å². The number of hydrogen-bond acceptors (Lipinski definition) is 2. The van der Waals surface area contributed by atoms with Crippen LogP contribution in [0.5, 0.6) is 0 Å². The third-order valence-electron chi connectivity index (χ3n) is 8.11. The molecule has 0 amide bonds. The molecule has 0 nitrogen and oxygen atoms in total. The first kappa shape index (κ1) is 30.9. The number of hydrogen-bond donors (Lipinski definition) is 0. The number of rotatable bonds is 8. The van der Waals surface area contributed by atoms with Crippen LogP contribution in [0.4, 0.5) is 0 Å². The van der Waals surface area contributed by atoms with E-state index >= 15 is 0 Å². The van der Waals surface area contributed by atoms with Gasteiger partial charge in [-0.15, -0.1) is 0 Å². The maximum absolute atomic E-state index is 3.86. The van der Waals surface area contributed by atoms with Crippen molar-refractivity contribution in [3.8, 4) is 4.37 Å². The molecular weight excluding hydrogens is 766 g/mol. The Bertz CT molecular complexity index is 1820. The molecule has 0 unspecified atom stereocenters. The Morgan fingerprint density at radius 2 is 1.20 bits per heavy atom. The van der Waals surface area contributed by atoms with Gasteiger partial charge in [-0.05, 0) is 6.92 Å². The molecule has 0 aliphatic heterocycles. The van der Waals surface area contributed by atoms with Gasteiger partial charge < -0.3 is 0 Å². The summed E-state index contributed by atoms with van der Waals surface area (Å²) in [5.74, 6) is 0. The zero-order chi connectivity index (χ0) is 30.4. The fraction of sp³-hybridized carbons (Fsp3) is 0.125. The summed E-state index contributed by atoms with van der Waals surface area (Å²) >= 11 is 5.60. The van der Waals surface area contributed by atoms with E-state index in [2.05, 4.69) is 158 Å². The van der Waals surface area contributed by atoms with E-state index in [1.54, 1.807) is 0 Å². The topological polar surface area (TPSA) is 0 Å². The van der Waals surface area contributed by atoms with Crippen molar-refractivity contribution in [2.24, 2.45) is 0 Å². The average molecular weight is 801 g/mol. The first-order chi connectivity index (χ1) is 21.7. The van der Waals surface area contributed by atoms with Crippen molar-refractivity contribution in [3.05, 3.63) is 159 Å². The maximum atomic E-state index is 3.86. The number of benzene rings is 3. The Hall–Kier alpha value is -3.13. The molecule has 5 aromatic rings. The molecule has 4 heteroatoms. The first-order valence-electron chi connectivity index (χ1n) is 15.0. The van der Waals surface area contributed by atoms with E-state index < -0.39 is 7.26 Å². The standard InChI is InChI=1S/C40H35PS2.Os/c1-4-16-37-28-39-40(42-37)29-38(43-39)26-25-32(27-33-18-15-17-31(33)5-2)30(3)41(34-19-9-6-10-20-34,35-21-11-7-12-22-35)36-23-13-8-14-24-36;/h4-14,16,19-29H,15,17-18H2,1-2H3;/q+1;/b16-4+,26-25+,31-5?,32-30?,33-27?;. The molecule has 1 aliphatic carbocycles. The van der Waals surface area contributed by atoms with Crippen molar-refractivity contribution in [2.75, 3.05) is 0 Å². The molecule has 3 aromatic carbocycles. The van der Waals surface area contributed by atoms with Gasteiger partial charge in [0.1, 0.15) is 0 Å². The molecule has 2 heterocycles. The summed E-state index contributed by atoms with van der Waals surface area (Å²) in [5, 5.41) is 5.34. The van der Waals surface area contributed by atoms with Crippen LogP contribution in [0.15, 0.2) is 149 Å². The van der Waals surface area contributed by atoms with Gasteiger partial charge in [-0.3, -0.25) is 0 Å². The van der Waals surface area contributed by atoms with Crippen LogP contribution in [0.3, 0.4) is 0 Å². The van der Waals surface area contributed by atoms with E-state index in [4.69, 9.17) is 0 Å². The van der Waals surface area contributed by atoms with Crippen molar-refractivity contribution in [3.63, 3.8) is 0 Å². The average Bonchev–Trinajstić information content (AvgIpc) is 3.78. The monoisotopic (exact) mass is 802 g/mol. The van der Waals surface area contributed by atoms with E-state index in [-0.39, 0.29) is 0 Å². The van der Waals surface area contributed by atoms with E-state index in [0.29, 0.717) is 0 Å². The van der Waals surface area contributed by atoms with Crippen LogP contribution in [0, 0.1) is 4.37 Å². The van der Waals surface area contributed by atoms with Gasteiger partial charge in [0.25, 0.3) is 0 Å². The summed E-state index contributed by atoms with van der Waals surface area (Å²) < 4.78 is 6.57. The second-order valence-corrected chi connectivity index (χ2v) is 17.0. The van der Waals surface area contributed by atoms with Crippen molar-refractivity contribution in [1.29, 1.82) is 0 Å². The van der Waals surface area contributed by atoms with Crippen LogP contribution >= 0.6 is 29.9 Å². The minimum atomic E-state index is -2.30. The predicted molar refractivity (Wildman–Crippen MR) is 195 cm³/mol. The SMILES string of the molecule is CC=C1CCCC1=CC(/C=C/c1cc2sc(/C=C/C)cc2s1)=C([C]#[Os])[P+](c1ccccc1)(c1ccccc1)c1ccccc1. The zero-order valence-electron chi connectivity index (χ0n) is 25.0. The molecule has 0 radical (unpaired) electrons. The number of fused-ring (bicyclic) bond motifs is 1. The van der Waals surface area contributed by atoms with E-state index in [1.807, 2.05) is 40.6 Å². The Morgan fingerprint density at radius 1 is 0.705 bits per heavy atom. The summed E-state index contributed by atoms with van der Waals surface area (Å²) in [6, 6.07) is 38.1. The number of thiophene rings is 2. The van der Waals surface area contributed by atoms with Gasteiger partial charge in [0.2, 0.25) is 0 Å². The van der Waals surface area contributed by atoms with Crippen LogP contribution in [-0.4, -0.2) is 0 Å². The quantitative estimate of drug-likeness (QED) is 0.108. The molecule has 0 bridgehead atoms. The van der Waals surface area contributed by atoms with Crippen LogP contribution in [0.1, 0.15) is 42.9 Å². The predicted octanol–water partition coefficient (Wildman–Crippen LogP) is 10.8. The first-order valence-corrected chi connectivity index (χ1v) is 19.7. The third-order valence-corrected chi connectivity index (χ3v) is 15.7. The second kappa shape index (κ2) is 14.3. The third kappa shape index (κ3) is 6.19. The Kier molecular flexibility index (Phi) is 10.0. The minimum absolute atomic E-state index is 1.12. The van der Waals surface area contributed by atoms with Crippen molar-refractivity contribution >= 4 is 67.4 Å². The molecule has 0 spiro atoms. The molecule has 1 fully saturated rings. The summed E-state index contributed by atoms with van der Waals surface area (Å²) in [5.41, 5.74) is 4.19. The summed E-state index contributed by atoms with van der Waals surface area (Å²) in [6.45, 7) is 4.26. The molecule has 1 saturated carbocycles. The summed E-state index contributed by atoms with van der Waals surface area (Å²) in [7, 11) is -2.30. The Morgan fingerprint density at radius 3 is 1.68 bits per heavy atom. The molecule has 0 atom stereocenters. The van der Waals surface area contributed by atoms with Crippen molar-refractivity contribution in [2.45, 2.75) is 33.1 Å². The molecule has 2 aromatic heterocycles. The van der Waals surface area contributed by atoms with Crippen LogP contribution in [0.25, 0.3) is 21.6 Å². The molecule has 219 valence electrons. The van der Waals surface area contributed by atoms with Gasteiger partial charge in [-0.2, -0.15) is 0 Å². The fourth-order valence-electron chi connectivity index (χ4n) is 6.13. The molecule has 1 aliphatic rings. The van der Waals surface area contributed by atoms with E-state index in [9.17, 15) is 0 Å². The van der Waals surface area contributed by atoms with Gasteiger partial charge in [0.15, 0.2) is 0 Å². The van der Waals surface area contributed by atoms with Gasteiger partial charge in [0, 0.05) is 0 Å². The molecule has 0 saturated heterocycles. The van der Waals surface area contributed by atoms with Gasteiger partial charge >= 0.3 is 275 Å². The van der Waals surface area contributed by atoms with Crippen LogP contribution in [-0.2, 0) is 17.9 Å². The van der Waals surface area contributed by atoms with E-state index in [1.165, 1.54) is 63.5 Å². The van der Waals surface area contributed by atoms with Gasteiger partial charge in [-0.25, -0.2) is 0 Å². The summed E-state index contributed by atoms with van der Waals surface area (Å²) in [6.07, 6.45) is 17.3. The van der Waals surface area contributed by atoms with Crippen LogP contribution < -0.4 is 15.9 Å². The Labute approximate surface area is 280 Å². The molecular formula is C40H35OsPS2+. The molecule has 6 rings (SSSR count). The normalized spacial score (nSPS) is 16.4. The second-order valence-electron chi connectivity index (χ2n) is 10.8. The summed E-state index contributed by atoms with van der Waals surface area (Å²) in [4.78, 5) is 2.60. The van der Waals surface area contributed by atoms with E-state index in [0.717, 1.165) is 12.8 Å². The van der Waals surface area contributed by atoms with Crippen LogP contribution in [0.2, 0.25) is 0 Å². The fourth-order valence-corrected chi connectivity index (χ4v) is 14.2. The number of allylic oxidation sites excluding steroid dienone is 8. The van der Waals surface area contributed by atoms with Crippen molar-refractivity contribution < 1.29 is 17.9 Å². The molecule has 44 heavy (non-hydrogen) atoms. The molecule has 0 N–H and O–H groups in total. The zero-order valence-corrected chi connectivity index (χ0v) is 30.1. The van der Waals surface area contributed by atoms with Gasteiger partial charge in [0.05, 0.1) is 0 Å².